The number of rotatable bonds is 7. The lowest BCUT2D eigenvalue weighted by Gasteiger charge is -2.19. The Hall–Kier alpha value is -3.19. The Morgan fingerprint density at radius 1 is 1.14 bits per heavy atom. The molecule has 1 amide bonds. The Morgan fingerprint density at radius 3 is 2.66 bits per heavy atom. The van der Waals surface area contributed by atoms with Crippen molar-refractivity contribution in [3.8, 4) is 0 Å². The molecule has 184 valence electrons. The van der Waals surface area contributed by atoms with Gasteiger partial charge in [-0.05, 0) is 75.4 Å². The summed E-state index contributed by atoms with van der Waals surface area (Å²) in [5, 5.41) is 3.85. The number of benzene rings is 2. The predicted molar refractivity (Wildman–Crippen MR) is 142 cm³/mol. The average molecular weight is 491 g/mol. The van der Waals surface area contributed by atoms with Crippen LogP contribution in [0.5, 0.6) is 0 Å². The van der Waals surface area contributed by atoms with Crippen LogP contribution >= 0.6 is 11.3 Å². The number of thiazole rings is 1. The summed E-state index contributed by atoms with van der Waals surface area (Å²) in [6, 6.07) is 13.0. The lowest BCUT2D eigenvalue weighted by molar-refractivity contribution is 0.0528. The maximum atomic E-state index is 12.0. The number of hydrogen-bond acceptors (Lipinski definition) is 5. The van der Waals surface area contributed by atoms with E-state index in [0.29, 0.717) is 13.0 Å². The molecule has 1 N–H and O–H groups in total. The Bertz CT molecular complexity index is 1330. The number of alkyl carbamates (subject to hydrolysis) is 1. The van der Waals surface area contributed by atoms with Crippen LogP contribution in [0.4, 0.5) is 4.79 Å². The monoisotopic (exact) mass is 490 g/mol. The van der Waals surface area contributed by atoms with Gasteiger partial charge in [0.2, 0.25) is 0 Å². The van der Waals surface area contributed by atoms with Crippen LogP contribution < -0.4 is 5.32 Å². The molecule has 4 rings (SSSR count). The highest BCUT2D eigenvalue weighted by molar-refractivity contribution is 7.18. The Labute approximate surface area is 211 Å². The molecule has 0 aliphatic rings. The summed E-state index contributed by atoms with van der Waals surface area (Å²) in [6.07, 6.45) is 5.13. The van der Waals surface area contributed by atoms with Gasteiger partial charge < -0.3 is 14.6 Å². The molecule has 0 bridgehead atoms. The normalized spacial score (nSPS) is 12.6. The van der Waals surface area contributed by atoms with Crippen LogP contribution in [0.3, 0.4) is 0 Å². The zero-order valence-electron chi connectivity index (χ0n) is 21.4. The molecule has 6 nitrogen and oxygen atoms in total. The minimum Gasteiger partial charge on any atom is -0.444 e. The zero-order valence-corrected chi connectivity index (χ0v) is 22.2. The van der Waals surface area contributed by atoms with Gasteiger partial charge in [-0.25, -0.2) is 14.8 Å². The standard InChI is InChI=1S/C28H34N4O2S/c1-7-20-9-11-23-24(15-20)35-26(31-23)25(21-10-8-18(2)19(3)14-21)32-16-22(30-17-32)12-13-29-27(33)34-28(4,5)6/h8-11,14-17,25H,7,12-13H2,1-6H3,(H,29,33). The van der Waals surface area contributed by atoms with E-state index in [1.165, 1.54) is 27.0 Å². The van der Waals surface area contributed by atoms with Crippen LogP contribution in [-0.2, 0) is 17.6 Å². The third-order valence-electron chi connectivity index (χ3n) is 5.96. The SMILES string of the molecule is CCc1ccc2nc(C(c3ccc(C)c(C)c3)n3cnc(CCNC(=O)OC(C)(C)C)c3)sc2c1. The molecule has 0 spiro atoms. The minimum absolute atomic E-state index is 0.0724. The number of ether oxygens (including phenoxy) is 1. The number of aryl methyl sites for hydroxylation is 3. The van der Waals surface area contributed by atoms with Crippen molar-refractivity contribution in [2.24, 2.45) is 0 Å². The minimum atomic E-state index is -0.514. The smallest absolute Gasteiger partial charge is 0.407 e. The third kappa shape index (κ3) is 6.09. The van der Waals surface area contributed by atoms with Crippen molar-refractivity contribution in [1.29, 1.82) is 0 Å². The molecule has 0 aliphatic heterocycles. The lowest BCUT2D eigenvalue weighted by atomic mass is 10.0. The fourth-order valence-electron chi connectivity index (χ4n) is 3.96. The molecule has 2 heterocycles. The molecule has 4 aromatic rings. The topological polar surface area (TPSA) is 69.0 Å². The van der Waals surface area contributed by atoms with E-state index in [2.05, 4.69) is 78.2 Å². The van der Waals surface area contributed by atoms with Crippen LogP contribution in [0, 0.1) is 13.8 Å². The fraction of sp³-hybridized carbons (Fsp3) is 0.393. The second-order valence-electron chi connectivity index (χ2n) is 9.94. The number of nitrogens with one attached hydrogen (secondary N) is 1. The van der Waals surface area contributed by atoms with Crippen molar-refractivity contribution in [2.75, 3.05) is 6.54 Å². The van der Waals surface area contributed by atoms with Gasteiger partial charge in [0.1, 0.15) is 16.7 Å². The molecule has 2 aromatic heterocycles. The van der Waals surface area contributed by atoms with E-state index in [-0.39, 0.29) is 6.04 Å². The summed E-state index contributed by atoms with van der Waals surface area (Å²) >= 11 is 1.74. The van der Waals surface area contributed by atoms with E-state index in [0.717, 1.165) is 22.6 Å². The number of nitrogens with zero attached hydrogens (tertiary/aromatic N) is 3. The highest BCUT2D eigenvalue weighted by Crippen LogP contribution is 2.34. The van der Waals surface area contributed by atoms with E-state index >= 15 is 0 Å². The van der Waals surface area contributed by atoms with Gasteiger partial charge in [-0.15, -0.1) is 11.3 Å². The van der Waals surface area contributed by atoms with Crippen molar-refractivity contribution in [1.82, 2.24) is 19.9 Å². The first kappa shape index (κ1) is 24.9. The molecule has 1 atom stereocenters. The fourth-order valence-corrected chi connectivity index (χ4v) is 5.12. The van der Waals surface area contributed by atoms with Crippen molar-refractivity contribution in [3.05, 3.63) is 81.9 Å². The maximum Gasteiger partial charge on any atom is 0.407 e. The zero-order chi connectivity index (χ0) is 25.2. The first-order valence-corrected chi connectivity index (χ1v) is 12.9. The number of imidazole rings is 1. The Kier molecular flexibility index (Phi) is 7.26. The highest BCUT2D eigenvalue weighted by atomic mass is 32.1. The number of hydrogen-bond donors (Lipinski definition) is 1. The molecule has 0 aliphatic carbocycles. The molecule has 35 heavy (non-hydrogen) atoms. The number of carbonyl (C=O) groups is 1. The lowest BCUT2D eigenvalue weighted by Crippen LogP contribution is -2.33. The van der Waals surface area contributed by atoms with E-state index in [9.17, 15) is 4.79 Å². The molecular weight excluding hydrogens is 456 g/mol. The van der Waals surface area contributed by atoms with Crippen LogP contribution in [0.15, 0.2) is 48.9 Å². The molecule has 2 aromatic carbocycles. The van der Waals surface area contributed by atoms with Crippen LogP contribution in [0.2, 0.25) is 0 Å². The second kappa shape index (κ2) is 10.2. The van der Waals surface area contributed by atoms with E-state index < -0.39 is 11.7 Å². The van der Waals surface area contributed by atoms with Crippen molar-refractivity contribution in [2.45, 2.75) is 66.0 Å². The van der Waals surface area contributed by atoms with Gasteiger partial charge in [0.15, 0.2) is 0 Å². The molecule has 0 radical (unpaired) electrons. The van der Waals surface area contributed by atoms with Gasteiger partial charge in [0.05, 0.1) is 22.2 Å². The third-order valence-corrected chi connectivity index (χ3v) is 7.03. The van der Waals surface area contributed by atoms with Gasteiger partial charge in [-0.3, -0.25) is 0 Å². The van der Waals surface area contributed by atoms with Gasteiger partial charge in [-0.1, -0.05) is 31.2 Å². The van der Waals surface area contributed by atoms with Gasteiger partial charge >= 0.3 is 6.09 Å². The van der Waals surface area contributed by atoms with E-state index in [4.69, 9.17) is 9.72 Å². The summed E-state index contributed by atoms with van der Waals surface area (Å²) in [5.74, 6) is 0. The van der Waals surface area contributed by atoms with Crippen LogP contribution in [-0.4, -0.2) is 32.8 Å². The molecule has 1 unspecified atom stereocenters. The molecule has 0 saturated heterocycles. The number of carbonyl (C=O) groups excluding carboxylic acids is 1. The molecule has 0 fully saturated rings. The Balaban J connectivity index is 1.61. The van der Waals surface area contributed by atoms with Gasteiger partial charge in [0, 0.05) is 19.2 Å². The first-order chi connectivity index (χ1) is 16.6. The van der Waals surface area contributed by atoms with Crippen LogP contribution in [0.1, 0.15) is 66.7 Å². The van der Waals surface area contributed by atoms with Crippen molar-refractivity contribution < 1.29 is 9.53 Å². The number of fused-ring (bicyclic) bond motifs is 1. The summed E-state index contributed by atoms with van der Waals surface area (Å²) < 4.78 is 8.65. The largest absolute Gasteiger partial charge is 0.444 e. The van der Waals surface area contributed by atoms with Crippen LogP contribution in [0.25, 0.3) is 10.2 Å². The maximum absolute atomic E-state index is 12.0. The van der Waals surface area contributed by atoms with Crippen molar-refractivity contribution in [3.63, 3.8) is 0 Å². The van der Waals surface area contributed by atoms with E-state index in [1.54, 1.807) is 11.3 Å². The summed E-state index contributed by atoms with van der Waals surface area (Å²) in [5.41, 5.74) is 6.44. The predicted octanol–water partition coefficient (Wildman–Crippen LogP) is 6.38. The molecule has 7 heteroatoms. The second-order valence-corrected chi connectivity index (χ2v) is 11.0. The van der Waals surface area contributed by atoms with Gasteiger partial charge in [0.25, 0.3) is 0 Å². The summed E-state index contributed by atoms with van der Waals surface area (Å²) in [7, 11) is 0. The van der Waals surface area contributed by atoms with Gasteiger partial charge in [-0.2, -0.15) is 0 Å². The summed E-state index contributed by atoms with van der Waals surface area (Å²) in [6.45, 7) is 12.5. The quantitative estimate of drug-likeness (QED) is 0.326. The highest BCUT2D eigenvalue weighted by Gasteiger charge is 2.22. The number of aromatic nitrogens is 3. The molecular formula is C28H34N4O2S. The molecule has 0 saturated carbocycles. The first-order valence-electron chi connectivity index (χ1n) is 12.1. The van der Waals surface area contributed by atoms with Crippen molar-refractivity contribution >= 4 is 27.6 Å². The summed E-state index contributed by atoms with van der Waals surface area (Å²) in [4.78, 5) is 21.6. The van der Waals surface area contributed by atoms with E-state index in [1.807, 2.05) is 27.1 Å². The average Bonchev–Trinajstić information content (AvgIpc) is 3.41. The Morgan fingerprint density at radius 2 is 1.94 bits per heavy atom. The number of amides is 1.